The molecule has 30 heavy (non-hydrogen) atoms. The average molecular weight is 408 g/mol. The number of rotatable bonds is 6. The second-order valence-corrected chi connectivity index (χ2v) is 6.53. The van der Waals surface area contributed by atoms with E-state index in [4.69, 9.17) is 19.6 Å². The first-order valence-corrected chi connectivity index (χ1v) is 9.03. The predicted octanol–water partition coefficient (Wildman–Crippen LogP) is 2.26. The van der Waals surface area contributed by atoms with E-state index in [2.05, 4.69) is 15.1 Å². The third kappa shape index (κ3) is 3.50. The molecule has 0 atom stereocenters. The van der Waals surface area contributed by atoms with E-state index in [1.807, 2.05) is 12.1 Å². The molecule has 0 saturated carbocycles. The number of hydrogen-bond acceptors (Lipinski definition) is 8. The molecular weight excluding hydrogens is 388 g/mol. The molecule has 0 radical (unpaired) electrons. The molecule has 0 unspecified atom stereocenters. The van der Waals surface area contributed by atoms with E-state index >= 15 is 0 Å². The van der Waals surface area contributed by atoms with Gasteiger partial charge in [0.15, 0.2) is 22.9 Å². The van der Waals surface area contributed by atoms with E-state index in [1.54, 1.807) is 45.5 Å². The lowest BCUT2D eigenvalue weighted by atomic mass is 10.2. The predicted molar refractivity (Wildman–Crippen MR) is 108 cm³/mol. The van der Waals surface area contributed by atoms with Crippen LogP contribution in [0.25, 0.3) is 17.2 Å². The van der Waals surface area contributed by atoms with Gasteiger partial charge in [0.05, 0.1) is 20.5 Å². The number of hydrogen-bond donors (Lipinski definition) is 1. The van der Waals surface area contributed by atoms with Gasteiger partial charge < -0.3 is 24.5 Å². The molecule has 4 rings (SSSR count). The number of nitrogen functional groups attached to an aromatic ring is 1. The molecule has 10 nitrogen and oxygen atoms in total. The molecule has 0 spiro atoms. The van der Waals surface area contributed by atoms with Gasteiger partial charge in [-0.3, -0.25) is 4.79 Å². The Hall–Kier alpha value is -4.08. The van der Waals surface area contributed by atoms with Gasteiger partial charge in [0.2, 0.25) is 11.8 Å². The maximum atomic E-state index is 12.9. The minimum Gasteiger partial charge on any atom is -0.493 e. The number of furan rings is 1. The number of carbonyl (C=O) groups is 1. The Bertz CT molecular complexity index is 1200. The second-order valence-electron chi connectivity index (χ2n) is 6.53. The number of benzene rings is 1. The number of nitrogens with zero attached hydrogens (tertiary/aromatic N) is 5. The third-order valence-corrected chi connectivity index (χ3v) is 4.53. The summed E-state index contributed by atoms with van der Waals surface area (Å²) in [6.07, 6.45) is 1.53. The summed E-state index contributed by atoms with van der Waals surface area (Å²) in [6.45, 7) is 0.344. The largest absolute Gasteiger partial charge is 0.493 e. The maximum Gasteiger partial charge on any atom is 0.272 e. The van der Waals surface area contributed by atoms with Crippen molar-refractivity contribution in [2.24, 2.45) is 0 Å². The van der Waals surface area contributed by atoms with Crippen LogP contribution in [0, 0.1) is 0 Å². The molecule has 10 heteroatoms. The number of nitrogens with two attached hydrogens (primary N) is 1. The fourth-order valence-corrected chi connectivity index (χ4v) is 3.05. The lowest BCUT2D eigenvalue weighted by Gasteiger charge is -2.18. The highest BCUT2D eigenvalue weighted by atomic mass is 16.5. The standard InChI is InChI=1S/C20H20N6O4/c1-25(11-12-6-7-14(28-2)16(9-12)29-3)19(27)13-10-17-23-18(15-5-4-8-30-15)24-26(17)20(21)22-13/h4-10H,11H2,1-3H3,(H2,21,22). The summed E-state index contributed by atoms with van der Waals surface area (Å²) in [5.74, 6) is 1.82. The topological polar surface area (TPSA) is 121 Å². The number of amides is 1. The van der Waals surface area contributed by atoms with E-state index in [-0.39, 0.29) is 17.5 Å². The van der Waals surface area contributed by atoms with Crippen molar-refractivity contribution in [3.63, 3.8) is 0 Å². The van der Waals surface area contributed by atoms with E-state index in [9.17, 15) is 4.79 Å². The third-order valence-electron chi connectivity index (χ3n) is 4.53. The molecule has 0 aliphatic carbocycles. The molecule has 2 N–H and O–H groups in total. The van der Waals surface area contributed by atoms with Crippen LogP contribution in [0.15, 0.2) is 47.1 Å². The van der Waals surface area contributed by atoms with E-state index in [0.29, 0.717) is 35.3 Å². The van der Waals surface area contributed by atoms with Crippen LogP contribution in [0.3, 0.4) is 0 Å². The highest BCUT2D eigenvalue weighted by Crippen LogP contribution is 2.28. The maximum absolute atomic E-state index is 12.9. The van der Waals surface area contributed by atoms with E-state index < -0.39 is 0 Å². The van der Waals surface area contributed by atoms with Crippen molar-refractivity contribution < 1.29 is 18.7 Å². The summed E-state index contributed by atoms with van der Waals surface area (Å²) < 4.78 is 17.2. The zero-order valence-corrected chi connectivity index (χ0v) is 16.7. The van der Waals surface area contributed by atoms with Crippen LogP contribution in [0.2, 0.25) is 0 Å². The molecule has 3 heterocycles. The number of aromatic nitrogens is 4. The van der Waals surface area contributed by atoms with Crippen LogP contribution in [0.5, 0.6) is 11.5 Å². The summed E-state index contributed by atoms with van der Waals surface area (Å²) in [7, 11) is 4.81. The second kappa shape index (κ2) is 7.74. The summed E-state index contributed by atoms with van der Waals surface area (Å²) >= 11 is 0. The molecule has 0 saturated heterocycles. The van der Waals surface area contributed by atoms with Gasteiger partial charge in [-0.15, -0.1) is 5.10 Å². The minimum atomic E-state index is -0.304. The molecular formula is C20H20N6O4. The summed E-state index contributed by atoms with van der Waals surface area (Å²) in [5.41, 5.74) is 7.44. The lowest BCUT2D eigenvalue weighted by Crippen LogP contribution is -2.27. The van der Waals surface area contributed by atoms with Gasteiger partial charge in [-0.1, -0.05) is 6.07 Å². The Balaban J connectivity index is 1.59. The molecule has 1 aromatic carbocycles. The smallest absolute Gasteiger partial charge is 0.272 e. The quantitative estimate of drug-likeness (QED) is 0.516. The first-order chi connectivity index (χ1) is 14.5. The number of methoxy groups -OCH3 is 2. The van der Waals surface area contributed by atoms with Crippen LogP contribution in [-0.2, 0) is 6.54 Å². The zero-order valence-electron chi connectivity index (χ0n) is 16.7. The van der Waals surface area contributed by atoms with Crippen molar-refractivity contribution >= 4 is 17.5 Å². The zero-order chi connectivity index (χ0) is 21.3. The monoisotopic (exact) mass is 408 g/mol. The normalized spacial score (nSPS) is 10.9. The van der Waals surface area contributed by atoms with Crippen LogP contribution in [-0.4, -0.2) is 51.7 Å². The van der Waals surface area contributed by atoms with Crippen LogP contribution in [0.4, 0.5) is 5.95 Å². The van der Waals surface area contributed by atoms with Gasteiger partial charge in [0, 0.05) is 19.7 Å². The molecule has 0 fully saturated rings. The molecule has 0 aliphatic rings. The number of ether oxygens (including phenoxy) is 2. The van der Waals surface area contributed by atoms with Gasteiger partial charge in [0.1, 0.15) is 5.69 Å². The number of carbonyl (C=O) groups excluding carboxylic acids is 1. The Kier molecular flexibility index (Phi) is 4.97. The highest BCUT2D eigenvalue weighted by molar-refractivity contribution is 5.93. The summed E-state index contributed by atoms with van der Waals surface area (Å²) in [5, 5.41) is 4.28. The molecule has 0 aliphatic heterocycles. The van der Waals surface area contributed by atoms with Crippen molar-refractivity contribution in [2.75, 3.05) is 27.0 Å². The van der Waals surface area contributed by atoms with Crippen molar-refractivity contribution in [1.29, 1.82) is 0 Å². The minimum absolute atomic E-state index is 0.0562. The first-order valence-electron chi connectivity index (χ1n) is 9.03. The van der Waals surface area contributed by atoms with Crippen LogP contribution in [0.1, 0.15) is 16.1 Å². The fraction of sp³-hybridized carbons (Fsp3) is 0.200. The van der Waals surface area contributed by atoms with Gasteiger partial charge in [-0.25, -0.2) is 9.97 Å². The Morgan fingerprint density at radius 1 is 1.17 bits per heavy atom. The molecule has 3 aromatic heterocycles. The Morgan fingerprint density at radius 3 is 2.67 bits per heavy atom. The van der Waals surface area contributed by atoms with Crippen molar-refractivity contribution in [1.82, 2.24) is 24.5 Å². The summed E-state index contributed by atoms with van der Waals surface area (Å²) in [6, 6.07) is 10.5. The lowest BCUT2D eigenvalue weighted by molar-refractivity contribution is 0.0779. The van der Waals surface area contributed by atoms with Gasteiger partial charge >= 0.3 is 0 Å². The van der Waals surface area contributed by atoms with E-state index in [0.717, 1.165) is 5.56 Å². The van der Waals surface area contributed by atoms with Gasteiger partial charge in [0.25, 0.3) is 5.91 Å². The summed E-state index contributed by atoms with van der Waals surface area (Å²) in [4.78, 5) is 23.0. The fourth-order valence-electron chi connectivity index (χ4n) is 3.05. The van der Waals surface area contributed by atoms with E-state index in [1.165, 1.54) is 15.7 Å². The number of fused-ring (bicyclic) bond motifs is 1. The van der Waals surface area contributed by atoms with Crippen LogP contribution >= 0.6 is 0 Å². The van der Waals surface area contributed by atoms with Crippen molar-refractivity contribution in [2.45, 2.75) is 6.54 Å². The molecule has 4 aromatic rings. The van der Waals surface area contributed by atoms with Crippen molar-refractivity contribution in [3.05, 3.63) is 53.9 Å². The average Bonchev–Trinajstić information content (AvgIpc) is 3.42. The highest BCUT2D eigenvalue weighted by Gasteiger charge is 2.19. The van der Waals surface area contributed by atoms with Gasteiger partial charge in [-0.05, 0) is 29.8 Å². The molecule has 0 bridgehead atoms. The van der Waals surface area contributed by atoms with Gasteiger partial charge in [-0.2, -0.15) is 4.52 Å². The SMILES string of the molecule is COc1ccc(CN(C)C(=O)c2cc3nc(-c4ccco4)nn3c(N)n2)cc1OC. The first kappa shape index (κ1) is 19.2. The number of anilines is 1. The Labute approximate surface area is 171 Å². The van der Waals surface area contributed by atoms with Crippen molar-refractivity contribution in [3.8, 4) is 23.1 Å². The van der Waals surface area contributed by atoms with Crippen LogP contribution < -0.4 is 15.2 Å². The molecule has 154 valence electrons. The molecule has 1 amide bonds. The Morgan fingerprint density at radius 2 is 1.97 bits per heavy atom.